The zero-order chi connectivity index (χ0) is 12.8. The maximum atomic E-state index is 13.6. The van der Waals surface area contributed by atoms with Gasteiger partial charge in [0.2, 0.25) is 5.95 Å². The van der Waals surface area contributed by atoms with Gasteiger partial charge in [0.25, 0.3) is 0 Å². The minimum atomic E-state index is -0.395. The highest BCUT2D eigenvalue weighted by Gasteiger charge is 2.11. The van der Waals surface area contributed by atoms with Crippen LogP contribution in [0.1, 0.15) is 6.92 Å². The summed E-state index contributed by atoms with van der Waals surface area (Å²) < 4.78 is 13.6. The molecule has 5 nitrogen and oxygen atoms in total. The van der Waals surface area contributed by atoms with Crippen LogP contribution in [-0.4, -0.2) is 55.6 Å². The third-order valence-electron chi connectivity index (χ3n) is 2.30. The van der Waals surface area contributed by atoms with Gasteiger partial charge >= 0.3 is 0 Å². The number of hydrogen-bond acceptors (Lipinski definition) is 5. The third-order valence-corrected chi connectivity index (χ3v) is 2.30. The van der Waals surface area contributed by atoms with Crippen molar-refractivity contribution in [3.63, 3.8) is 0 Å². The number of nitrogens with zero attached hydrogens (tertiary/aromatic N) is 4. The lowest BCUT2D eigenvalue weighted by molar-refractivity contribution is 0.415. The highest BCUT2D eigenvalue weighted by molar-refractivity contribution is 5.43. The first-order valence-corrected chi connectivity index (χ1v) is 5.67. The van der Waals surface area contributed by atoms with Gasteiger partial charge in [-0.2, -0.15) is 4.98 Å². The first-order chi connectivity index (χ1) is 8.04. The smallest absolute Gasteiger partial charge is 0.224 e. The fourth-order valence-corrected chi connectivity index (χ4v) is 1.33. The molecule has 0 spiro atoms. The highest BCUT2D eigenvalue weighted by Crippen LogP contribution is 2.15. The molecule has 0 fully saturated rings. The number of halogens is 1. The SMILES string of the molecule is CCNc1ncc(F)c(N(C)CCN(C)C)n1. The van der Waals surface area contributed by atoms with E-state index in [4.69, 9.17) is 0 Å². The topological polar surface area (TPSA) is 44.3 Å². The van der Waals surface area contributed by atoms with Crippen LogP contribution in [0.4, 0.5) is 16.2 Å². The van der Waals surface area contributed by atoms with E-state index >= 15 is 0 Å². The minimum absolute atomic E-state index is 0.331. The molecule has 0 aliphatic carbocycles. The average molecular weight is 241 g/mol. The Hall–Kier alpha value is -1.43. The van der Waals surface area contributed by atoms with Crippen molar-refractivity contribution >= 4 is 11.8 Å². The predicted molar refractivity (Wildman–Crippen MR) is 68.0 cm³/mol. The number of hydrogen-bond donors (Lipinski definition) is 1. The van der Waals surface area contributed by atoms with Crippen LogP contribution in [0.25, 0.3) is 0 Å². The Morgan fingerprint density at radius 1 is 1.29 bits per heavy atom. The first-order valence-electron chi connectivity index (χ1n) is 5.67. The average Bonchev–Trinajstić information content (AvgIpc) is 2.29. The van der Waals surface area contributed by atoms with Crippen LogP contribution in [0.2, 0.25) is 0 Å². The second kappa shape index (κ2) is 6.34. The van der Waals surface area contributed by atoms with Crippen molar-refractivity contribution in [1.82, 2.24) is 14.9 Å². The van der Waals surface area contributed by atoms with Crippen molar-refractivity contribution in [2.75, 3.05) is 51.0 Å². The molecule has 6 heteroatoms. The molecular formula is C11H20FN5. The molecule has 0 unspecified atom stereocenters. The summed E-state index contributed by atoms with van der Waals surface area (Å²) in [4.78, 5) is 11.9. The Labute approximate surface area is 102 Å². The van der Waals surface area contributed by atoms with Crippen molar-refractivity contribution in [1.29, 1.82) is 0 Å². The van der Waals surface area contributed by atoms with Gasteiger partial charge in [0.05, 0.1) is 6.20 Å². The van der Waals surface area contributed by atoms with E-state index in [1.807, 2.05) is 33.0 Å². The van der Waals surface area contributed by atoms with Gasteiger partial charge in [0.1, 0.15) is 0 Å². The molecule has 1 aromatic heterocycles. The van der Waals surface area contributed by atoms with E-state index in [0.29, 0.717) is 24.9 Å². The van der Waals surface area contributed by atoms with Gasteiger partial charge in [-0.1, -0.05) is 0 Å². The molecule has 0 radical (unpaired) electrons. The first kappa shape index (κ1) is 13.6. The van der Waals surface area contributed by atoms with E-state index in [9.17, 15) is 4.39 Å². The molecule has 0 saturated carbocycles. The van der Waals surface area contributed by atoms with Crippen molar-refractivity contribution in [2.24, 2.45) is 0 Å². The lowest BCUT2D eigenvalue weighted by Crippen LogP contribution is -2.29. The number of likely N-dealkylation sites (N-methyl/N-ethyl adjacent to an activating group) is 2. The summed E-state index contributed by atoms with van der Waals surface area (Å²) in [5.41, 5.74) is 0. The van der Waals surface area contributed by atoms with Crippen LogP contribution < -0.4 is 10.2 Å². The second-order valence-electron chi connectivity index (χ2n) is 4.12. The molecule has 0 aliphatic heterocycles. The molecular weight excluding hydrogens is 221 g/mol. The Balaban J connectivity index is 2.76. The Morgan fingerprint density at radius 3 is 2.59 bits per heavy atom. The number of aromatic nitrogens is 2. The molecule has 17 heavy (non-hydrogen) atoms. The summed E-state index contributed by atoms with van der Waals surface area (Å²) in [5, 5.41) is 2.97. The fraction of sp³-hybridized carbons (Fsp3) is 0.636. The maximum absolute atomic E-state index is 13.6. The van der Waals surface area contributed by atoms with Crippen LogP contribution in [0.3, 0.4) is 0 Å². The zero-order valence-corrected chi connectivity index (χ0v) is 10.9. The van der Waals surface area contributed by atoms with Crippen molar-refractivity contribution in [3.8, 4) is 0 Å². The summed E-state index contributed by atoms with van der Waals surface area (Å²) in [6.07, 6.45) is 1.20. The second-order valence-corrected chi connectivity index (χ2v) is 4.12. The molecule has 1 N–H and O–H groups in total. The van der Waals surface area contributed by atoms with Gasteiger partial charge in [-0.05, 0) is 21.0 Å². The van der Waals surface area contributed by atoms with E-state index in [2.05, 4.69) is 15.3 Å². The maximum Gasteiger partial charge on any atom is 0.224 e. The van der Waals surface area contributed by atoms with Gasteiger partial charge in [-0.3, -0.25) is 0 Å². The van der Waals surface area contributed by atoms with E-state index in [1.54, 1.807) is 4.90 Å². The summed E-state index contributed by atoms with van der Waals surface area (Å²) in [6.45, 7) is 4.22. The van der Waals surface area contributed by atoms with Crippen molar-refractivity contribution in [3.05, 3.63) is 12.0 Å². The van der Waals surface area contributed by atoms with Crippen LogP contribution in [-0.2, 0) is 0 Å². The Bertz CT molecular complexity index is 356. The van der Waals surface area contributed by atoms with Crippen LogP contribution in [0.15, 0.2) is 6.20 Å². The lowest BCUT2D eigenvalue weighted by Gasteiger charge is -2.21. The fourth-order valence-electron chi connectivity index (χ4n) is 1.33. The standard InChI is InChI=1S/C11H20FN5/c1-5-13-11-14-8-9(12)10(15-11)17(4)7-6-16(2)3/h8H,5-7H2,1-4H3,(H,13,14,15). The van der Waals surface area contributed by atoms with E-state index in [-0.39, 0.29) is 0 Å². The van der Waals surface area contributed by atoms with Gasteiger partial charge in [0, 0.05) is 26.7 Å². The van der Waals surface area contributed by atoms with Crippen LogP contribution in [0, 0.1) is 5.82 Å². The summed E-state index contributed by atoms with van der Waals surface area (Å²) in [6, 6.07) is 0. The Morgan fingerprint density at radius 2 is 2.00 bits per heavy atom. The summed E-state index contributed by atoms with van der Waals surface area (Å²) in [5.74, 6) is 0.395. The monoisotopic (exact) mass is 241 g/mol. The number of anilines is 2. The highest BCUT2D eigenvalue weighted by atomic mass is 19.1. The lowest BCUT2D eigenvalue weighted by atomic mass is 10.4. The van der Waals surface area contributed by atoms with Gasteiger partial charge in [0.15, 0.2) is 11.6 Å². The van der Waals surface area contributed by atoms with Crippen LogP contribution >= 0.6 is 0 Å². The van der Waals surface area contributed by atoms with Gasteiger partial charge < -0.3 is 15.1 Å². The molecule has 1 heterocycles. The van der Waals surface area contributed by atoms with E-state index < -0.39 is 5.82 Å². The number of nitrogens with one attached hydrogen (secondary N) is 1. The quantitative estimate of drug-likeness (QED) is 0.806. The summed E-state index contributed by atoms with van der Waals surface area (Å²) >= 11 is 0. The molecule has 1 rings (SSSR count). The predicted octanol–water partition coefficient (Wildman–Crippen LogP) is 1.05. The Kier molecular flexibility index (Phi) is 5.09. The minimum Gasteiger partial charge on any atom is -0.356 e. The van der Waals surface area contributed by atoms with Crippen molar-refractivity contribution < 1.29 is 4.39 Å². The molecule has 0 bridgehead atoms. The molecule has 1 aromatic rings. The number of rotatable bonds is 6. The molecule has 0 aromatic carbocycles. The van der Waals surface area contributed by atoms with Crippen molar-refractivity contribution in [2.45, 2.75) is 6.92 Å². The third kappa shape index (κ3) is 4.14. The largest absolute Gasteiger partial charge is 0.356 e. The van der Waals surface area contributed by atoms with Gasteiger partial charge in [-0.25, -0.2) is 9.37 Å². The molecule has 0 saturated heterocycles. The zero-order valence-electron chi connectivity index (χ0n) is 10.9. The summed E-state index contributed by atoms with van der Waals surface area (Å²) in [7, 11) is 5.78. The van der Waals surface area contributed by atoms with E-state index in [1.165, 1.54) is 6.20 Å². The molecule has 0 amide bonds. The molecule has 0 atom stereocenters. The van der Waals surface area contributed by atoms with Crippen LogP contribution in [0.5, 0.6) is 0 Å². The normalized spacial score (nSPS) is 10.7. The van der Waals surface area contributed by atoms with Gasteiger partial charge in [-0.15, -0.1) is 0 Å². The van der Waals surface area contributed by atoms with E-state index in [0.717, 1.165) is 6.54 Å². The molecule has 0 aliphatic rings. The molecule has 96 valence electrons.